The molecule has 0 aliphatic heterocycles. The van der Waals surface area contributed by atoms with Gasteiger partial charge in [-0.25, -0.2) is 0 Å². The summed E-state index contributed by atoms with van der Waals surface area (Å²) < 4.78 is 0. The molecule has 0 bridgehead atoms. The average Bonchev–Trinajstić information content (AvgIpc) is 2.51. The van der Waals surface area contributed by atoms with Crippen LogP contribution in [0.25, 0.3) is 0 Å². The first-order valence-corrected chi connectivity index (χ1v) is 7.73. The molecule has 2 aromatic carbocycles. The van der Waals surface area contributed by atoms with Crippen LogP contribution < -0.4 is 11.3 Å². The van der Waals surface area contributed by atoms with E-state index in [2.05, 4.69) is 74.7 Å². The SMILES string of the molecule is CCC(c1ccccc1)C(Cc1cc(C)ccc1C)NN. The lowest BCUT2D eigenvalue weighted by molar-refractivity contribution is 0.427. The molecule has 2 aromatic rings. The zero-order valence-corrected chi connectivity index (χ0v) is 13.3. The van der Waals surface area contributed by atoms with Crippen LogP contribution >= 0.6 is 0 Å². The van der Waals surface area contributed by atoms with Crippen LogP contribution in [0.15, 0.2) is 48.5 Å². The Morgan fingerprint density at radius 3 is 2.38 bits per heavy atom. The Morgan fingerprint density at radius 2 is 1.76 bits per heavy atom. The predicted molar refractivity (Wildman–Crippen MR) is 90.2 cm³/mol. The zero-order valence-electron chi connectivity index (χ0n) is 13.3. The van der Waals surface area contributed by atoms with E-state index in [1.54, 1.807) is 0 Å². The average molecular weight is 282 g/mol. The van der Waals surface area contributed by atoms with Gasteiger partial charge >= 0.3 is 0 Å². The largest absolute Gasteiger partial charge is 0.271 e. The summed E-state index contributed by atoms with van der Waals surface area (Å²) in [6.07, 6.45) is 2.03. The molecule has 0 fully saturated rings. The van der Waals surface area contributed by atoms with E-state index in [-0.39, 0.29) is 6.04 Å². The molecule has 0 aromatic heterocycles. The van der Waals surface area contributed by atoms with Gasteiger partial charge in [-0.3, -0.25) is 11.3 Å². The Balaban J connectivity index is 2.24. The predicted octanol–water partition coefficient (Wildman–Crippen LogP) is 3.87. The number of rotatable bonds is 6. The summed E-state index contributed by atoms with van der Waals surface area (Å²) in [5.74, 6) is 6.30. The van der Waals surface area contributed by atoms with Gasteiger partial charge in [-0.2, -0.15) is 0 Å². The number of hydrogen-bond donors (Lipinski definition) is 2. The van der Waals surface area contributed by atoms with Crippen molar-refractivity contribution in [1.82, 2.24) is 5.43 Å². The highest BCUT2D eigenvalue weighted by Gasteiger charge is 2.21. The van der Waals surface area contributed by atoms with Crippen LogP contribution in [0.1, 0.15) is 41.5 Å². The molecular formula is C19H26N2. The van der Waals surface area contributed by atoms with E-state index in [4.69, 9.17) is 5.84 Å². The van der Waals surface area contributed by atoms with E-state index in [0.29, 0.717) is 5.92 Å². The van der Waals surface area contributed by atoms with Crippen LogP contribution in [-0.4, -0.2) is 6.04 Å². The summed E-state index contributed by atoms with van der Waals surface area (Å²) in [4.78, 5) is 0. The molecule has 0 saturated carbocycles. The Kier molecular flexibility index (Phi) is 5.54. The molecule has 2 unspecified atom stereocenters. The van der Waals surface area contributed by atoms with Crippen molar-refractivity contribution in [3.8, 4) is 0 Å². The molecular weight excluding hydrogens is 256 g/mol. The fourth-order valence-corrected chi connectivity index (χ4v) is 3.03. The van der Waals surface area contributed by atoms with Gasteiger partial charge in [0.2, 0.25) is 0 Å². The van der Waals surface area contributed by atoms with Crippen molar-refractivity contribution in [2.75, 3.05) is 0 Å². The van der Waals surface area contributed by atoms with Crippen molar-refractivity contribution >= 4 is 0 Å². The second-order valence-electron chi connectivity index (χ2n) is 5.83. The second kappa shape index (κ2) is 7.39. The summed E-state index contributed by atoms with van der Waals surface area (Å²) in [5.41, 5.74) is 8.42. The van der Waals surface area contributed by atoms with E-state index in [0.717, 1.165) is 12.8 Å². The number of nitrogens with two attached hydrogens (primary N) is 1. The first-order valence-electron chi connectivity index (χ1n) is 7.73. The lowest BCUT2D eigenvalue weighted by Crippen LogP contribution is -2.41. The van der Waals surface area contributed by atoms with Gasteiger partial charge in [-0.15, -0.1) is 0 Å². The Morgan fingerprint density at radius 1 is 1.05 bits per heavy atom. The van der Waals surface area contributed by atoms with E-state index in [1.807, 2.05) is 0 Å². The Hall–Kier alpha value is -1.64. The molecule has 112 valence electrons. The molecule has 0 saturated heterocycles. The maximum atomic E-state index is 5.87. The maximum Gasteiger partial charge on any atom is 0.0319 e. The third-order valence-corrected chi connectivity index (χ3v) is 4.31. The molecule has 0 amide bonds. The molecule has 2 atom stereocenters. The van der Waals surface area contributed by atoms with Crippen LogP contribution in [0.5, 0.6) is 0 Å². The topological polar surface area (TPSA) is 38.0 Å². The third-order valence-electron chi connectivity index (χ3n) is 4.31. The minimum absolute atomic E-state index is 0.248. The van der Waals surface area contributed by atoms with Crippen molar-refractivity contribution in [3.63, 3.8) is 0 Å². The van der Waals surface area contributed by atoms with Gasteiger partial charge in [0, 0.05) is 12.0 Å². The fraction of sp³-hybridized carbons (Fsp3) is 0.368. The van der Waals surface area contributed by atoms with Gasteiger partial charge in [0.25, 0.3) is 0 Å². The highest BCUT2D eigenvalue weighted by molar-refractivity contribution is 5.32. The first kappa shape index (κ1) is 15.7. The molecule has 2 nitrogen and oxygen atoms in total. The molecule has 2 rings (SSSR count). The van der Waals surface area contributed by atoms with E-state index in [9.17, 15) is 0 Å². The van der Waals surface area contributed by atoms with Gasteiger partial charge in [-0.1, -0.05) is 61.0 Å². The lowest BCUT2D eigenvalue weighted by Gasteiger charge is -2.27. The van der Waals surface area contributed by atoms with Crippen LogP contribution in [0.4, 0.5) is 0 Å². The van der Waals surface area contributed by atoms with Gasteiger partial charge in [0.1, 0.15) is 0 Å². The van der Waals surface area contributed by atoms with Crippen LogP contribution in [0.3, 0.4) is 0 Å². The molecule has 0 heterocycles. The summed E-state index contributed by atoms with van der Waals surface area (Å²) in [6, 6.07) is 17.5. The highest BCUT2D eigenvalue weighted by Crippen LogP contribution is 2.26. The minimum atomic E-state index is 0.248. The molecule has 0 aliphatic carbocycles. The fourth-order valence-electron chi connectivity index (χ4n) is 3.03. The molecule has 0 radical (unpaired) electrons. The Labute approximate surface area is 128 Å². The summed E-state index contributed by atoms with van der Waals surface area (Å²) >= 11 is 0. The van der Waals surface area contributed by atoms with Gasteiger partial charge in [0.05, 0.1) is 0 Å². The minimum Gasteiger partial charge on any atom is -0.271 e. The van der Waals surface area contributed by atoms with Crippen molar-refractivity contribution in [1.29, 1.82) is 0 Å². The quantitative estimate of drug-likeness (QED) is 0.623. The van der Waals surface area contributed by atoms with Crippen molar-refractivity contribution in [2.24, 2.45) is 5.84 Å². The van der Waals surface area contributed by atoms with Crippen LogP contribution in [0.2, 0.25) is 0 Å². The van der Waals surface area contributed by atoms with E-state index in [1.165, 1.54) is 22.3 Å². The van der Waals surface area contributed by atoms with Crippen LogP contribution in [0, 0.1) is 13.8 Å². The summed E-state index contributed by atoms with van der Waals surface area (Å²) in [6.45, 7) is 6.54. The first-order chi connectivity index (χ1) is 10.2. The summed E-state index contributed by atoms with van der Waals surface area (Å²) in [5, 5.41) is 0. The van der Waals surface area contributed by atoms with Crippen molar-refractivity contribution in [2.45, 2.75) is 45.6 Å². The molecule has 0 aliphatic rings. The number of hydrogen-bond acceptors (Lipinski definition) is 2. The third kappa shape index (κ3) is 3.93. The Bertz CT molecular complexity index is 563. The van der Waals surface area contributed by atoms with Crippen molar-refractivity contribution in [3.05, 3.63) is 70.8 Å². The number of hydrazine groups is 1. The van der Waals surface area contributed by atoms with Gasteiger partial charge < -0.3 is 0 Å². The highest BCUT2D eigenvalue weighted by atomic mass is 15.2. The molecule has 0 spiro atoms. The molecule has 3 N–H and O–H groups in total. The molecule has 2 heteroatoms. The number of benzene rings is 2. The zero-order chi connectivity index (χ0) is 15.2. The number of aryl methyl sites for hydroxylation is 2. The standard InChI is InChI=1S/C19H26N2/c1-4-18(16-8-6-5-7-9-16)19(21-20)13-17-12-14(2)10-11-15(17)3/h5-12,18-19,21H,4,13,20H2,1-3H3. The summed E-state index contributed by atoms with van der Waals surface area (Å²) in [7, 11) is 0. The van der Waals surface area contributed by atoms with E-state index < -0.39 is 0 Å². The van der Waals surface area contributed by atoms with Gasteiger partial charge in [-0.05, 0) is 43.4 Å². The van der Waals surface area contributed by atoms with Crippen LogP contribution in [-0.2, 0) is 6.42 Å². The molecule has 21 heavy (non-hydrogen) atoms. The smallest absolute Gasteiger partial charge is 0.0319 e. The van der Waals surface area contributed by atoms with Crippen molar-refractivity contribution < 1.29 is 0 Å². The number of nitrogens with one attached hydrogen (secondary N) is 1. The maximum absolute atomic E-state index is 5.87. The normalized spacial score (nSPS) is 13.9. The lowest BCUT2D eigenvalue weighted by atomic mass is 9.85. The van der Waals surface area contributed by atoms with E-state index >= 15 is 0 Å². The van der Waals surface area contributed by atoms with Gasteiger partial charge in [0.15, 0.2) is 0 Å². The second-order valence-corrected chi connectivity index (χ2v) is 5.83. The monoisotopic (exact) mass is 282 g/mol.